The molecule has 0 unspecified atom stereocenters. The van der Waals surface area contributed by atoms with Crippen molar-refractivity contribution < 1.29 is 15.0 Å². The van der Waals surface area contributed by atoms with Gasteiger partial charge in [-0.05, 0) is 37.8 Å². The number of hydrogen-bond acceptors (Lipinski definition) is 4. The van der Waals surface area contributed by atoms with Crippen LogP contribution in [0, 0.1) is 6.92 Å². The number of ketones is 1. The van der Waals surface area contributed by atoms with Gasteiger partial charge in [-0.25, -0.2) is 4.57 Å². The van der Waals surface area contributed by atoms with Gasteiger partial charge >= 0.3 is 0 Å². The summed E-state index contributed by atoms with van der Waals surface area (Å²) in [6.45, 7) is 1.91. The summed E-state index contributed by atoms with van der Waals surface area (Å²) in [4.78, 5) is 16.9. The molecule has 1 fully saturated rings. The Balaban J connectivity index is 1.83. The second-order valence-corrected chi connectivity index (χ2v) is 7.11. The minimum absolute atomic E-state index is 0.00400. The number of rotatable bonds is 1. The zero-order valence-electron chi connectivity index (χ0n) is 13.9. The maximum absolute atomic E-state index is 12.3. The monoisotopic (exact) mass is 334 g/mol. The molecule has 2 aromatic heterocycles. The van der Waals surface area contributed by atoms with Gasteiger partial charge in [0.15, 0.2) is 0 Å². The topological polar surface area (TPSA) is 75.3 Å². The van der Waals surface area contributed by atoms with E-state index in [0.29, 0.717) is 17.7 Å². The van der Waals surface area contributed by atoms with E-state index in [-0.39, 0.29) is 29.4 Å². The zero-order valence-corrected chi connectivity index (χ0v) is 13.9. The van der Waals surface area contributed by atoms with Crippen molar-refractivity contribution >= 4 is 16.7 Å². The summed E-state index contributed by atoms with van der Waals surface area (Å²) in [7, 11) is 0. The van der Waals surface area contributed by atoms with Crippen molar-refractivity contribution in [2.75, 3.05) is 0 Å². The summed E-state index contributed by atoms with van der Waals surface area (Å²) in [5.74, 6) is -0.0965. The summed E-state index contributed by atoms with van der Waals surface area (Å²) >= 11 is 0. The molecule has 25 heavy (non-hydrogen) atoms. The van der Waals surface area contributed by atoms with Gasteiger partial charge in [-0.3, -0.25) is 9.78 Å². The molecule has 1 saturated carbocycles. The highest BCUT2D eigenvalue weighted by Crippen LogP contribution is 2.56. The minimum atomic E-state index is -0.295. The number of carbonyl (C=O) groups excluding carboxylic acids is 1. The molecule has 0 amide bonds. The summed E-state index contributed by atoms with van der Waals surface area (Å²) in [6, 6.07) is 9.59. The standard InChI is InChI=1S/C20H18N2O3/c1-10-5-6-11-3-2-4-14(18(11)21-10)22-19(24)16-12-7-8-13(15(23)9-12)17(16)20(22)25/h2-6,12-13,24-25H,7-9H2,1H3/t12-,13+/m0/s1. The first kappa shape index (κ1) is 14.5. The lowest BCUT2D eigenvalue weighted by atomic mass is 9.67. The predicted octanol–water partition coefficient (Wildman–Crippen LogP) is 3.68. The number of aromatic nitrogens is 2. The molecule has 5 heteroatoms. The van der Waals surface area contributed by atoms with Crippen LogP contribution in [0.1, 0.15) is 47.9 Å². The highest BCUT2D eigenvalue weighted by atomic mass is 16.3. The third-order valence-corrected chi connectivity index (χ3v) is 5.67. The molecule has 2 atom stereocenters. The molecular formula is C20H18N2O3. The molecule has 5 nitrogen and oxygen atoms in total. The number of Topliss-reactive ketones (excluding diaryl/α,β-unsaturated/α-hetero) is 1. The number of nitrogens with zero attached hydrogens (tertiary/aromatic N) is 2. The van der Waals surface area contributed by atoms with E-state index in [4.69, 9.17) is 0 Å². The van der Waals surface area contributed by atoms with Crippen molar-refractivity contribution in [3.63, 3.8) is 0 Å². The number of benzene rings is 1. The van der Waals surface area contributed by atoms with E-state index < -0.39 is 0 Å². The van der Waals surface area contributed by atoms with Crippen LogP contribution in [0.25, 0.3) is 16.6 Å². The van der Waals surface area contributed by atoms with Crippen molar-refractivity contribution in [3.05, 3.63) is 47.2 Å². The lowest BCUT2D eigenvalue weighted by Gasteiger charge is -2.34. The smallest absolute Gasteiger partial charge is 0.203 e. The SMILES string of the molecule is Cc1ccc2cccc(-n3c(O)c4c(c3O)[C@@H]3CC[C@H]4CC3=O)c2n1. The molecule has 3 aliphatic carbocycles. The number of aryl methyl sites for hydroxylation is 1. The highest BCUT2D eigenvalue weighted by molar-refractivity contribution is 5.92. The molecule has 0 spiro atoms. The molecule has 0 aliphatic heterocycles. The van der Waals surface area contributed by atoms with Crippen LogP contribution in [-0.4, -0.2) is 25.5 Å². The first-order valence-corrected chi connectivity index (χ1v) is 8.62. The van der Waals surface area contributed by atoms with E-state index in [9.17, 15) is 15.0 Å². The third-order valence-electron chi connectivity index (χ3n) is 5.67. The number of para-hydroxylation sites is 1. The van der Waals surface area contributed by atoms with Crippen LogP contribution in [0.4, 0.5) is 0 Å². The Hall–Kier alpha value is -2.82. The summed E-state index contributed by atoms with van der Waals surface area (Å²) in [5, 5.41) is 22.7. The Kier molecular flexibility index (Phi) is 2.82. The Bertz CT molecular complexity index is 1050. The van der Waals surface area contributed by atoms with Crippen LogP contribution in [0.5, 0.6) is 11.8 Å². The van der Waals surface area contributed by atoms with Crippen LogP contribution in [0.15, 0.2) is 30.3 Å². The van der Waals surface area contributed by atoms with Gasteiger partial charge in [0.25, 0.3) is 0 Å². The van der Waals surface area contributed by atoms with Gasteiger partial charge in [-0.2, -0.15) is 0 Å². The third kappa shape index (κ3) is 1.83. The van der Waals surface area contributed by atoms with Crippen LogP contribution in [0.3, 0.4) is 0 Å². The lowest BCUT2D eigenvalue weighted by Crippen LogP contribution is -2.28. The Morgan fingerprint density at radius 2 is 1.88 bits per heavy atom. The van der Waals surface area contributed by atoms with E-state index in [1.807, 2.05) is 37.3 Å². The number of hydrogen-bond donors (Lipinski definition) is 2. The van der Waals surface area contributed by atoms with Gasteiger partial charge in [-0.1, -0.05) is 18.2 Å². The Morgan fingerprint density at radius 3 is 2.68 bits per heavy atom. The van der Waals surface area contributed by atoms with Gasteiger partial charge in [0.1, 0.15) is 5.78 Å². The number of carbonyl (C=O) groups is 1. The highest BCUT2D eigenvalue weighted by Gasteiger charge is 2.45. The predicted molar refractivity (Wildman–Crippen MR) is 93.5 cm³/mol. The molecular weight excluding hydrogens is 316 g/mol. The molecule has 126 valence electrons. The van der Waals surface area contributed by atoms with Gasteiger partial charge in [0, 0.05) is 34.5 Å². The van der Waals surface area contributed by atoms with E-state index >= 15 is 0 Å². The Labute approximate surface area is 144 Å². The van der Waals surface area contributed by atoms with E-state index in [1.165, 1.54) is 4.57 Å². The van der Waals surface area contributed by atoms with Gasteiger partial charge in [-0.15, -0.1) is 0 Å². The molecule has 2 N–H and O–H groups in total. The summed E-state index contributed by atoms with van der Waals surface area (Å²) < 4.78 is 1.46. The maximum atomic E-state index is 12.3. The normalized spacial score (nSPS) is 21.7. The second-order valence-electron chi connectivity index (χ2n) is 7.11. The van der Waals surface area contributed by atoms with Crippen LogP contribution >= 0.6 is 0 Å². The number of fused-ring (bicyclic) bond motifs is 3. The van der Waals surface area contributed by atoms with Gasteiger partial charge in [0.2, 0.25) is 11.8 Å². The van der Waals surface area contributed by atoms with Gasteiger partial charge < -0.3 is 10.2 Å². The second kappa shape index (κ2) is 4.85. The molecule has 0 radical (unpaired) electrons. The van der Waals surface area contributed by atoms with Crippen molar-refractivity contribution in [2.24, 2.45) is 0 Å². The van der Waals surface area contributed by atoms with E-state index in [2.05, 4.69) is 4.98 Å². The van der Waals surface area contributed by atoms with E-state index in [0.717, 1.165) is 35.0 Å². The quantitative estimate of drug-likeness (QED) is 0.712. The van der Waals surface area contributed by atoms with Crippen LogP contribution in [0.2, 0.25) is 0 Å². The molecule has 2 heterocycles. The lowest BCUT2D eigenvalue weighted by molar-refractivity contribution is -0.123. The van der Waals surface area contributed by atoms with Gasteiger partial charge in [0.05, 0.1) is 11.2 Å². The van der Waals surface area contributed by atoms with Crippen molar-refractivity contribution in [2.45, 2.75) is 38.0 Å². The molecule has 6 rings (SSSR count). The van der Waals surface area contributed by atoms with E-state index in [1.54, 1.807) is 0 Å². The molecule has 3 aliphatic rings. The van der Waals surface area contributed by atoms with Crippen molar-refractivity contribution in [3.8, 4) is 17.4 Å². The average molecular weight is 334 g/mol. The van der Waals surface area contributed by atoms with Crippen molar-refractivity contribution in [1.82, 2.24) is 9.55 Å². The summed E-state index contributed by atoms with van der Waals surface area (Å²) in [6.07, 6.45) is 2.09. The van der Waals surface area contributed by atoms with Crippen LogP contribution < -0.4 is 0 Å². The fourth-order valence-electron chi connectivity index (χ4n) is 4.53. The first-order valence-electron chi connectivity index (χ1n) is 8.62. The molecule has 1 aromatic carbocycles. The number of aromatic hydroxyl groups is 2. The number of pyridine rings is 1. The van der Waals surface area contributed by atoms with Crippen LogP contribution in [-0.2, 0) is 4.79 Å². The Morgan fingerprint density at radius 1 is 1.08 bits per heavy atom. The maximum Gasteiger partial charge on any atom is 0.203 e. The fraction of sp³-hybridized carbons (Fsp3) is 0.300. The largest absolute Gasteiger partial charge is 0.494 e. The average Bonchev–Trinajstić information content (AvgIpc) is 2.88. The first-order chi connectivity index (χ1) is 12.1. The molecule has 0 saturated heterocycles. The van der Waals surface area contributed by atoms with Crippen molar-refractivity contribution in [1.29, 1.82) is 0 Å². The molecule has 2 bridgehead atoms. The molecule has 3 aromatic rings. The minimum Gasteiger partial charge on any atom is -0.494 e. The summed E-state index contributed by atoms with van der Waals surface area (Å²) in [5.41, 5.74) is 3.59. The zero-order chi connectivity index (χ0) is 17.3. The fourth-order valence-corrected chi connectivity index (χ4v) is 4.53.